The summed E-state index contributed by atoms with van der Waals surface area (Å²) in [6.45, 7) is 9.25. The number of hydrogen-bond donors (Lipinski definition) is 1. The van der Waals surface area contributed by atoms with Gasteiger partial charge in [0.15, 0.2) is 0 Å². The summed E-state index contributed by atoms with van der Waals surface area (Å²) in [7, 11) is 2.22. The van der Waals surface area contributed by atoms with E-state index in [9.17, 15) is 0 Å². The van der Waals surface area contributed by atoms with Crippen molar-refractivity contribution in [1.29, 1.82) is 0 Å². The molecule has 0 bridgehead atoms. The fraction of sp³-hybridized carbons (Fsp3) is 0.667. The lowest BCUT2D eigenvalue weighted by molar-refractivity contribution is 0.296. The Bertz CT molecular complexity index is 443. The summed E-state index contributed by atoms with van der Waals surface area (Å²) >= 11 is 0. The Morgan fingerprint density at radius 2 is 2.10 bits per heavy atom. The second kappa shape index (κ2) is 7.81. The van der Waals surface area contributed by atoms with Crippen molar-refractivity contribution in [3.05, 3.63) is 29.3 Å². The molecule has 0 saturated heterocycles. The molecule has 2 rings (SSSR count). The second-order valence-corrected chi connectivity index (χ2v) is 6.12. The lowest BCUT2D eigenvalue weighted by Gasteiger charge is -2.21. The second-order valence-electron chi connectivity index (χ2n) is 6.12. The molecule has 0 aromatic heterocycles. The van der Waals surface area contributed by atoms with Crippen molar-refractivity contribution in [3.63, 3.8) is 0 Å². The normalized spacial score (nSPS) is 16.2. The summed E-state index contributed by atoms with van der Waals surface area (Å²) < 4.78 is 5.81. The van der Waals surface area contributed by atoms with Gasteiger partial charge < -0.3 is 10.1 Å². The molecular weight excluding hydrogens is 260 g/mol. The van der Waals surface area contributed by atoms with Gasteiger partial charge in [0.1, 0.15) is 5.75 Å². The molecule has 1 fully saturated rings. The van der Waals surface area contributed by atoms with Gasteiger partial charge >= 0.3 is 0 Å². The Hall–Kier alpha value is -1.06. The SMILES string of the molecule is CCCNC(C)c1ccc(OCC)c(CN(C)C2CC2)c1. The molecule has 0 spiro atoms. The number of nitrogens with one attached hydrogen (secondary N) is 1. The van der Waals surface area contributed by atoms with Crippen LogP contribution in [-0.4, -0.2) is 31.1 Å². The van der Waals surface area contributed by atoms with Crippen LogP contribution < -0.4 is 10.1 Å². The first-order valence-corrected chi connectivity index (χ1v) is 8.34. The first-order chi connectivity index (χ1) is 10.2. The highest BCUT2D eigenvalue weighted by Crippen LogP contribution is 2.30. The molecule has 3 nitrogen and oxygen atoms in total. The van der Waals surface area contributed by atoms with E-state index in [-0.39, 0.29) is 0 Å². The molecule has 3 heteroatoms. The maximum atomic E-state index is 5.81. The van der Waals surface area contributed by atoms with Crippen LogP contribution in [0.15, 0.2) is 18.2 Å². The standard InChI is InChI=1S/C18H30N2O/c1-5-11-19-14(3)15-7-10-18(21-6-2)16(12-15)13-20(4)17-8-9-17/h7,10,12,14,17,19H,5-6,8-9,11,13H2,1-4H3. The molecule has 0 radical (unpaired) electrons. The highest BCUT2D eigenvalue weighted by atomic mass is 16.5. The Labute approximate surface area is 129 Å². The number of nitrogens with zero attached hydrogens (tertiary/aromatic N) is 1. The monoisotopic (exact) mass is 290 g/mol. The molecule has 1 N–H and O–H groups in total. The van der Waals surface area contributed by atoms with E-state index in [1.165, 1.54) is 30.4 Å². The van der Waals surface area contributed by atoms with E-state index in [1.54, 1.807) is 0 Å². The highest BCUT2D eigenvalue weighted by molar-refractivity contribution is 5.38. The maximum absolute atomic E-state index is 5.81. The predicted molar refractivity (Wildman–Crippen MR) is 88.8 cm³/mol. The molecule has 0 heterocycles. The lowest BCUT2D eigenvalue weighted by atomic mass is 10.0. The van der Waals surface area contributed by atoms with Crippen LogP contribution in [-0.2, 0) is 6.54 Å². The maximum Gasteiger partial charge on any atom is 0.123 e. The van der Waals surface area contributed by atoms with Crippen LogP contribution in [0.4, 0.5) is 0 Å². The van der Waals surface area contributed by atoms with Crippen LogP contribution >= 0.6 is 0 Å². The number of benzene rings is 1. The van der Waals surface area contributed by atoms with Crippen molar-refractivity contribution >= 4 is 0 Å². The molecule has 1 aliphatic rings. The van der Waals surface area contributed by atoms with Gasteiger partial charge in [-0.05, 0) is 64.4 Å². The first-order valence-electron chi connectivity index (χ1n) is 8.34. The quantitative estimate of drug-likeness (QED) is 0.750. The van der Waals surface area contributed by atoms with E-state index in [0.717, 1.165) is 31.5 Å². The Morgan fingerprint density at radius 3 is 2.71 bits per heavy atom. The summed E-state index contributed by atoms with van der Waals surface area (Å²) in [5.74, 6) is 1.04. The average molecular weight is 290 g/mol. The van der Waals surface area contributed by atoms with Crippen LogP contribution in [0.5, 0.6) is 5.75 Å². The fourth-order valence-corrected chi connectivity index (χ4v) is 2.68. The summed E-state index contributed by atoms with van der Waals surface area (Å²) in [5, 5.41) is 3.56. The first kappa shape index (κ1) is 16.3. The zero-order valence-electron chi connectivity index (χ0n) is 14.0. The fourth-order valence-electron chi connectivity index (χ4n) is 2.68. The van der Waals surface area contributed by atoms with Gasteiger partial charge in [0.25, 0.3) is 0 Å². The van der Waals surface area contributed by atoms with Crippen molar-refractivity contribution in [2.75, 3.05) is 20.2 Å². The van der Waals surface area contributed by atoms with Gasteiger partial charge in [-0.3, -0.25) is 4.90 Å². The topological polar surface area (TPSA) is 24.5 Å². The van der Waals surface area contributed by atoms with Crippen LogP contribution in [0.3, 0.4) is 0 Å². The van der Waals surface area contributed by atoms with E-state index < -0.39 is 0 Å². The third kappa shape index (κ3) is 4.72. The average Bonchev–Trinajstić information content (AvgIpc) is 3.31. The van der Waals surface area contributed by atoms with Crippen molar-refractivity contribution in [3.8, 4) is 5.75 Å². The summed E-state index contributed by atoms with van der Waals surface area (Å²) in [5.41, 5.74) is 2.67. The molecule has 1 unspecified atom stereocenters. The van der Waals surface area contributed by atoms with Crippen LogP contribution in [0.1, 0.15) is 57.2 Å². The van der Waals surface area contributed by atoms with E-state index in [1.807, 2.05) is 6.92 Å². The largest absolute Gasteiger partial charge is 0.494 e. The van der Waals surface area contributed by atoms with Gasteiger partial charge in [0, 0.05) is 24.2 Å². The molecule has 21 heavy (non-hydrogen) atoms. The summed E-state index contributed by atoms with van der Waals surface area (Å²) in [4.78, 5) is 2.45. The van der Waals surface area contributed by atoms with E-state index in [0.29, 0.717) is 6.04 Å². The van der Waals surface area contributed by atoms with Crippen LogP contribution in [0.2, 0.25) is 0 Å². The molecule has 1 aliphatic carbocycles. The van der Waals surface area contributed by atoms with Gasteiger partial charge in [-0.25, -0.2) is 0 Å². The Morgan fingerprint density at radius 1 is 1.33 bits per heavy atom. The Kier molecular flexibility index (Phi) is 6.07. The van der Waals surface area contributed by atoms with Crippen molar-refractivity contribution in [2.45, 2.75) is 58.7 Å². The van der Waals surface area contributed by atoms with Crippen LogP contribution in [0.25, 0.3) is 0 Å². The van der Waals surface area contributed by atoms with Gasteiger partial charge in [-0.2, -0.15) is 0 Å². The smallest absolute Gasteiger partial charge is 0.123 e. The molecular formula is C18H30N2O. The minimum absolute atomic E-state index is 0.394. The predicted octanol–water partition coefficient (Wildman–Crippen LogP) is 3.74. The van der Waals surface area contributed by atoms with E-state index >= 15 is 0 Å². The zero-order chi connectivity index (χ0) is 15.2. The highest BCUT2D eigenvalue weighted by Gasteiger charge is 2.26. The molecule has 0 amide bonds. The Balaban J connectivity index is 2.12. The zero-order valence-corrected chi connectivity index (χ0v) is 14.0. The third-order valence-electron chi connectivity index (χ3n) is 4.17. The van der Waals surface area contributed by atoms with Gasteiger partial charge in [0.05, 0.1) is 6.61 Å². The van der Waals surface area contributed by atoms with E-state index in [4.69, 9.17) is 4.74 Å². The lowest BCUT2D eigenvalue weighted by Crippen LogP contribution is -2.22. The third-order valence-corrected chi connectivity index (χ3v) is 4.17. The van der Waals surface area contributed by atoms with Gasteiger partial charge in [0.2, 0.25) is 0 Å². The number of hydrogen-bond acceptors (Lipinski definition) is 3. The summed E-state index contributed by atoms with van der Waals surface area (Å²) in [6, 6.07) is 7.82. The molecule has 1 atom stereocenters. The molecule has 0 aliphatic heterocycles. The van der Waals surface area contributed by atoms with Crippen molar-refractivity contribution in [2.24, 2.45) is 0 Å². The molecule has 118 valence electrons. The number of ether oxygens (including phenoxy) is 1. The summed E-state index contributed by atoms with van der Waals surface area (Å²) in [6.07, 6.45) is 3.85. The number of rotatable bonds is 9. The minimum atomic E-state index is 0.394. The molecule has 1 aromatic carbocycles. The van der Waals surface area contributed by atoms with E-state index in [2.05, 4.69) is 49.3 Å². The van der Waals surface area contributed by atoms with Crippen LogP contribution in [0, 0.1) is 0 Å². The van der Waals surface area contributed by atoms with Crippen molar-refractivity contribution < 1.29 is 4.74 Å². The molecule has 1 aromatic rings. The van der Waals surface area contributed by atoms with Crippen molar-refractivity contribution in [1.82, 2.24) is 10.2 Å². The minimum Gasteiger partial charge on any atom is -0.494 e. The van der Waals surface area contributed by atoms with Gasteiger partial charge in [-0.1, -0.05) is 13.0 Å². The molecule has 1 saturated carbocycles. The van der Waals surface area contributed by atoms with Gasteiger partial charge in [-0.15, -0.1) is 0 Å².